The van der Waals surface area contributed by atoms with E-state index in [-0.39, 0.29) is 11.4 Å². The number of furan rings is 1. The van der Waals surface area contributed by atoms with Gasteiger partial charge in [-0.05, 0) is 30.7 Å². The van der Waals surface area contributed by atoms with Crippen LogP contribution < -0.4 is 5.32 Å². The molecule has 0 bridgehead atoms. The van der Waals surface area contributed by atoms with Gasteiger partial charge in [0.25, 0.3) is 5.69 Å². The Bertz CT molecular complexity index is 580. The molecule has 0 saturated carbocycles. The average molecular weight is 250 g/mol. The summed E-state index contributed by atoms with van der Waals surface area (Å²) in [6.07, 6.45) is 1.55. The van der Waals surface area contributed by atoms with Gasteiger partial charge >= 0.3 is 0 Å². The molecule has 5 nitrogen and oxygen atoms in total. The molecule has 18 heavy (non-hydrogen) atoms. The van der Waals surface area contributed by atoms with Crippen LogP contribution in [0.15, 0.2) is 34.9 Å². The van der Waals surface area contributed by atoms with Crippen LogP contribution in [0.3, 0.4) is 0 Å². The molecule has 0 spiro atoms. The normalized spacial score (nSPS) is 10.3. The summed E-state index contributed by atoms with van der Waals surface area (Å²) in [5.41, 5.74) is 0.920. The number of nitro benzene ring substituents is 1. The van der Waals surface area contributed by atoms with Crippen LogP contribution in [-0.4, -0.2) is 4.92 Å². The number of nitro groups is 1. The molecule has 2 aromatic rings. The predicted octanol–water partition coefficient (Wildman–Crippen LogP) is 3.25. The van der Waals surface area contributed by atoms with E-state index >= 15 is 0 Å². The number of halogens is 1. The lowest BCUT2D eigenvalue weighted by Gasteiger charge is -2.06. The number of nitrogens with one attached hydrogen (secondary N) is 1. The third-order valence-electron chi connectivity index (χ3n) is 2.56. The van der Waals surface area contributed by atoms with E-state index in [1.165, 1.54) is 12.1 Å². The third-order valence-corrected chi connectivity index (χ3v) is 2.56. The first-order valence-corrected chi connectivity index (χ1v) is 5.28. The van der Waals surface area contributed by atoms with Gasteiger partial charge in [0, 0.05) is 0 Å². The summed E-state index contributed by atoms with van der Waals surface area (Å²) in [4.78, 5) is 10.2. The van der Waals surface area contributed by atoms with Crippen molar-refractivity contribution in [1.82, 2.24) is 0 Å². The zero-order chi connectivity index (χ0) is 13.1. The fourth-order valence-electron chi connectivity index (χ4n) is 1.57. The molecule has 2 rings (SSSR count). The molecular weight excluding hydrogens is 239 g/mol. The van der Waals surface area contributed by atoms with E-state index in [0.717, 1.165) is 11.6 Å². The molecule has 1 N–H and O–H groups in total. The topological polar surface area (TPSA) is 68.3 Å². The van der Waals surface area contributed by atoms with Gasteiger partial charge in [-0.1, -0.05) is 0 Å². The van der Waals surface area contributed by atoms with Crippen molar-refractivity contribution in [3.05, 3.63) is 57.8 Å². The van der Waals surface area contributed by atoms with Crippen molar-refractivity contribution in [2.45, 2.75) is 13.5 Å². The number of nitrogens with zero attached hydrogens (tertiary/aromatic N) is 1. The van der Waals surface area contributed by atoms with Gasteiger partial charge in [-0.3, -0.25) is 10.1 Å². The molecule has 1 aromatic carbocycles. The second kappa shape index (κ2) is 4.87. The molecule has 94 valence electrons. The highest BCUT2D eigenvalue weighted by Crippen LogP contribution is 2.25. The zero-order valence-electron chi connectivity index (χ0n) is 9.64. The van der Waals surface area contributed by atoms with E-state index in [9.17, 15) is 14.5 Å². The van der Waals surface area contributed by atoms with E-state index in [1.54, 1.807) is 12.3 Å². The molecule has 0 unspecified atom stereocenters. The predicted molar refractivity (Wildman–Crippen MR) is 63.8 cm³/mol. The second-order valence-electron chi connectivity index (χ2n) is 3.80. The number of hydrogen-bond donors (Lipinski definition) is 1. The van der Waals surface area contributed by atoms with Gasteiger partial charge in [0.1, 0.15) is 17.3 Å². The number of anilines is 1. The van der Waals surface area contributed by atoms with Crippen LogP contribution >= 0.6 is 0 Å². The third kappa shape index (κ3) is 2.48. The zero-order valence-corrected chi connectivity index (χ0v) is 9.64. The maximum absolute atomic E-state index is 12.9. The molecule has 0 atom stereocenters. The Labute approximate surface area is 102 Å². The Morgan fingerprint density at radius 1 is 1.44 bits per heavy atom. The SMILES string of the molecule is Cc1ccoc1CNc1ccc(F)cc1[N+](=O)[O-]. The lowest BCUT2D eigenvalue weighted by Crippen LogP contribution is -2.03. The number of benzene rings is 1. The fraction of sp³-hybridized carbons (Fsp3) is 0.167. The van der Waals surface area contributed by atoms with E-state index in [0.29, 0.717) is 12.3 Å². The Morgan fingerprint density at radius 3 is 2.83 bits per heavy atom. The molecule has 6 heteroatoms. The quantitative estimate of drug-likeness (QED) is 0.668. The summed E-state index contributed by atoms with van der Waals surface area (Å²) in [5, 5.41) is 13.6. The van der Waals surface area contributed by atoms with Crippen LogP contribution in [0.25, 0.3) is 0 Å². The minimum atomic E-state index is -0.638. The summed E-state index contributed by atoms with van der Waals surface area (Å²) in [5.74, 6) is 0.0510. The van der Waals surface area contributed by atoms with E-state index < -0.39 is 10.7 Å². The largest absolute Gasteiger partial charge is 0.467 e. The summed E-state index contributed by atoms with van der Waals surface area (Å²) in [6, 6.07) is 5.20. The highest BCUT2D eigenvalue weighted by Gasteiger charge is 2.15. The van der Waals surface area contributed by atoms with Crippen molar-refractivity contribution in [2.75, 3.05) is 5.32 Å². The highest BCUT2D eigenvalue weighted by atomic mass is 19.1. The van der Waals surface area contributed by atoms with Gasteiger partial charge in [-0.25, -0.2) is 4.39 Å². The first kappa shape index (κ1) is 12.1. The maximum Gasteiger partial charge on any atom is 0.295 e. The molecule has 1 heterocycles. The first-order chi connectivity index (χ1) is 8.58. The molecule has 1 aromatic heterocycles. The molecule has 0 radical (unpaired) electrons. The van der Waals surface area contributed by atoms with Crippen LogP contribution in [0, 0.1) is 22.9 Å². The summed E-state index contributed by atoms with van der Waals surface area (Å²) < 4.78 is 18.1. The minimum Gasteiger partial charge on any atom is -0.467 e. The van der Waals surface area contributed by atoms with Crippen LogP contribution in [0.1, 0.15) is 11.3 Å². The molecule has 0 aliphatic rings. The Kier molecular flexibility index (Phi) is 3.27. The monoisotopic (exact) mass is 250 g/mol. The van der Waals surface area contributed by atoms with Crippen LogP contribution in [-0.2, 0) is 6.54 Å². The molecule has 0 fully saturated rings. The first-order valence-electron chi connectivity index (χ1n) is 5.28. The van der Waals surface area contributed by atoms with E-state index in [1.807, 2.05) is 6.92 Å². The molecular formula is C12H11FN2O3. The number of aryl methyl sites for hydroxylation is 1. The number of rotatable bonds is 4. The smallest absolute Gasteiger partial charge is 0.295 e. The van der Waals surface area contributed by atoms with Crippen LogP contribution in [0.5, 0.6) is 0 Å². The van der Waals surface area contributed by atoms with Gasteiger partial charge in [-0.15, -0.1) is 0 Å². The van der Waals surface area contributed by atoms with Crippen molar-refractivity contribution in [3.8, 4) is 0 Å². The Hall–Kier alpha value is -2.37. The maximum atomic E-state index is 12.9. The van der Waals surface area contributed by atoms with E-state index in [2.05, 4.69) is 5.32 Å². The molecule has 0 saturated heterocycles. The van der Waals surface area contributed by atoms with E-state index in [4.69, 9.17) is 4.42 Å². The van der Waals surface area contributed by atoms with Crippen molar-refractivity contribution >= 4 is 11.4 Å². The highest BCUT2D eigenvalue weighted by molar-refractivity contribution is 5.61. The second-order valence-corrected chi connectivity index (χ2v) is 3.80. The van der Waals surface area contributed by atoms with Gasteiger partial charge in [0.15, 0.2) is 0 Å². The molecule has 0 aliphatic carbocycles. The molecule has 0 aliphatic heterocycles. The van der Waals surface area contributed by atoms with Crippen molar-refractivity contribution in [1.29, 1.82) is 0 Å². The lowest BCUT2D eigenvalue weighted by atomic mass is 10.2. The van der Waals surface area contributed by atoms with Crippen molar-refractivity contribution < 1.29 is 13.7 Å². The van der Waals surface area contributed by atoms with Crippen molar-refractivity contribution in [3.63, 3.8) is 0 Å². The van der Waals surface area contributed by atoms with Crippen molar-refractivity contribution in [2.24, 2.45) is 0 Å². The van der Waals surface area contributed by atoms with Crippen LogP contribution in [0.2, 0.25) is 0 Å². The van der Waals surface area contributed by atoms with Crippen LogP contribution in [0.4, 0.5) is 15.8 Å². The molecule has 0 amide bonds. The Morgan fingerprint density at radius 2 is 2.22 bits per heavy atom. The summed E-state index contributed by atoms with van der Waals surface area (Å²) in [6.45, 7) is 2.19. The lowest BCUT2D eigenvalue weighted by molar-refractivity contribution is -0.384. The van der Waals surface area contributed by atoms with Gasteiger partial charge in [-0.2, -0.15) is 0 Å². The number of hydrogen-bond acceptors (Lipinski definition) is 4. The summed E-state index contributed by atoms with van der Waals surface area (Å²) in [7, 11) is 0. The van der Waals surface area contributed by atoms with Gasteiger partial charge in [0.05, 0.1) is 23.8 Å². The standard InChI is InChI=1S/C12H11FN2O3/c1-8-4-5-18-12(8)7-14-10-3-2-9(13)6-11(10)15(16)17/h2-6,14H,7H2,1H3. The average Bonchev–Trinajstić information content (AvgIpc) is 2.73. The fourth-order valence-corrected chi connectivity index (χ4v) is 1.57. The van der Waals surface area contributed by atoms with Gasteiger partial charge in [0.2, 0.25) is 0 Å². The Balaban J connectivity index is 2.19. The summed E-state index contributed by atoms with van der Waals surface area (Å²) >= 11 is 0. The minimum absolute atomic E-state index is 0.261. The van der Waals surface area contributed by atoms with Gasteiger partial charge < -0.3 is 9.73 Å².